The smallest absolute Gasteiger partial charge is 0.335 e. The van der Waals surface area contributed by atoms with Crippen LogP contribution in [-0.2, 0) is 0 Å². The fraction of sp³-hybridized carbons (Fsp3) is 0. The van der Waals surface area contributed by atoms with Gasteiger partial charge in [-0.2, -0.15) is 0 Å². The minimum atomic E-state index is -0.947. The molecular weight excluding hydrogens is 338 g/mol. The predicted octanol–water partition coefficient (Wildman–Crippen LogP) is 4.35. The number of rotatable bonds is 3. The number of pyridine rings is 1. The maximum Gasteiger partial charge on any atom is 0.335 e. The number of aromatic nitrogens is 1. The first-order chi connectivity index (χ1) is 8.56. The summed E-state index contributed by atoms with van der Waals surface area (Å²) in [6, 6.07) is 8.45. The van der Waals surface area contributed by atoms with Crippen LogP contribution in [0.15, 0.2) is 50.9 Å². The van der Waals surface area contributed by atoms with Crippen molar-refractivity contribution >= 4 is 45.3 Å². The minimum Gasteiger partial charge on any atom is -0.478 e. The third-order valence-electron chi connectivity index (χ3n) is 2.09. The molecule has 1 aromatic heterocycles. The molecule has 0 amide bonds. The summed E-state index contributed by atoms with van der Waals surface area (Å²) < 4.78 is 0.726. The molecule has 3 nitrogen and oxygen atoms in total. The van der Waals surface area contributed by atoms with Gasteiger partial charge in [-0.3, -0.25) is 0 Å². The van der Waals surface area contributed by atoms with Gasteiger partial charge in [0.15, 0.2) is 0 Å². The number of aromatic carboxylic acids is 1. The molecule has 18 heavy (non-hydrogen) atoms. The maximum absolute atomic E-state index is 10.8. The summed E-state index contributed by atoms with van der Waals surface area (Å²) in [4.78, 5) is 15.9. The lowest BCUT2D eigenvalue weighted by atomic mass is 10.2. The van der Waals surface area contributed by atoms with Gasteiger partial charge in [0.1, 0.15) is 5.03 Å². The Balaban J connectivity index is 2.24. The fourth-order valence-electron chi connectivity index (χ4n) is 1.25. The van der Waals surface area contributed by atoms with Crippen molar-refractivity contribution < 1.29 is 9.90 Å². The molecule has 0 spiro atoms. The highest BCUT2D eigenvalue weighted by Crippen LogP contribution is 2.33. The van der Waals surface area contributed by atoms with E-state index < -0.39 is 5.97 Å². The van der Waals surface area contributed by atoms with Gasteiger partial charge in [-0.15, -0.1) is 0 Å². The highest BCUT2D eigenvalue weighted by Gasteiger charge is 2.08. The number of nitrogens with zero attached hydrogens (tertiary/aromatic N) is 1. The normalized spacial score (nSPS) is 10.3. The van der Waals surface area contributed by atoms with Crippen LogP contribution in [0.3, 0.4) is 0 Å². The molecule has 0 atom stereocenters. The number of benzene rings is 1. The summed E-state index contributed by atoms with van der Waals surface area (Å²) in [5.74, 6) is -0.947. The molecular formula is C12H7BrClNO2S. The summed E-state index contributed by atoms with van der Waals surface area (Å²) in [6.07, 6.45) is 1.57. The Kier molecular flexibility index (Phi) is 4.27. The van der Waals surface area contributed by atoms with E-state index in [1.807, 2.05) is 6.07 Å². The largest absolute Gasteiger partial charge is 0.478 e. The maximum atomic E-state index is 10.8. The molecule has 0 fully saturated rings. The molecule has 0 saturated heterocycles. The number of halogens is 2. The van der Waals surface area contributed by atoms with Crippen molar-refractivity contribution in [1.82, 2.24) is 4.98 Å². The second-order valence-corrected chi connectivity index (χ2v) is 5.72. The number of hydrogen-bond acceptors (Lipinski definition) is 3. The summed E-state index contributed by atoms with van der Waals surface area (Å²) in [5, 5.41) is 10.2. The lowest BCUT2D eigenvalue weighted by molar-refractivity contribution is 0.0696. The quantitative estimate of drug-likeness (QED) is 0.899. The molecule has 2 rings (SSSR count). The Bertz CT molecular complexity index is 589. The first kappa shape index (κ1) is 13.4. The van der Waals surface area contributed by atoms with E-state index in [1.165, 1.54) is 11.8 Å². The third kappa shape index (κ3) is 3.25. The van der Waals surface area contributed by atoms with Gasteiger partial charge in [-0.05, 0) is 46.3 Å². The molecule has 0 saturated carbocycles. The van der Waals surface area contributed by atoms with Crippen molar-refractivity contribution in [2.75, 3.05) is 0 Å². The van der Waals surface area contributed by atoms with Crippen molar-refractivity contribution in [2.24, 2.45) is 0 Å². The van der Waals surface area contributed by atoms with Crippen LogP contribution in [0.5, 0.6) is 0 Å². The molecule has 1 aromatic carbocycles. The van der Waals surface area contributed by atoms with Crippen LogP contribution < -0.4 is 0 Å². The molecule has 0 bridgehead atoms. The molecule has 6 heteroatoms. The van der Waals surface area contributed by atoms with E-state index in [0.717, 1.165) is 14.4 Å². The summed E-state index contributed by atoms with van der Waals surface area (Å²) >= 11 is 10.5. The summed E-state index contributed by atoms with van der Waals surface area (Å²) in [7, 11) is 0. The van der Waals surface area contributed by atoms with Gasteiger partial charge in [0.05, 0.1) is 10.6 Å². The molecule has 92 valence electrons. The summed E-state index contributed by atoms with van der Waals surface area (Å²) in [6.45, 7) is 0. The average Bonchev–Trinajstić information content (AvgIpc) is 2.34. The van der Waals surface area contributed by atoms with Crippen LogP contribution in [0.25, 0.3) is 0 Å². The van der Waals surface area contributed by atoms with Gasteiger partial charge in [-0.1, -0.05) is 23.4 Å². The van der Waals surface area contributed by atoms with Gasteiger partial charge in [0.2, 0.25) is 0 Å². The highest BCUT2D eigenvalue weighted by atomic mass is 79.9. The van der Waals surface area contributed by atoms with E-state index in [0.29, 0.717) is 5.02 Å². The standard InChI is InChI=1S/C12H7BrClNO2S/c13-9-5-7(12(16)17)1-3-10(9)18-11-4-2-8(14)6-15-11/h1-6H,(H,16,17). The molecule has 0 unspecified atom stereocenters. The second kappa shape index (κ2) is 5.73. The van der Waals surface area contributed by atoms with Crippen LogP contribution in [0.2, 0.25) is 5.02 Å². The van der Waals surface area contributed by atoms with Gasteiger partial charge >= 0.3 is 5.97 Å². The van der Waals surface area contributed by atoms with Gasteiger partial charge < -0.3 is 5.11 Å². The lowest BCUT2D eigenvalue weighted by Crippen LogP contribution is -1.95. The molecule has 2 aromatic rings. The van der Waals surface area contributed by atoms with Crippen LogP contribution >= 0.6 is 39.3 Å². The van der Waals surface area contributed by atoms with E-state index in [9.17, 15) is 4.79 Å². The Hall–Kier alpha value is -1.04. The van der Waals surface area contributed by atoms with Crippen molar-refractivity contribution in [1.29, 1.82) is 0 Å². The van der Waals surface area contributed by atoms with E-state index in [-0.39, 0.29) is 5.56 Å². The molecule has 1 heterocycles. The number of carboxylic acid groups (broad SMARTS) is 1. The fourth-order valence-corrected chi connectivity index (χ4v) is 2.74. The highest BCUT2D eigenvalue weighted by molar-refractivity contribution is 9.10. The number of hydrogen-bond donors (Lipinski definition) is 1. The SMILES string of the molecule is O=C(O)c1ccc(Sc2ccc(Cl)cn2)c(Br)c1. The molecule has 0 aliphatic heterocycles. The first-order valence-corrected chi connectivity index (χ1v) is 6.87. The van der Waals surface area contributed by atoms with E-state index in [1.54, 1.807) is 30.5 Å². The zero-order chi connectivity index (χ0) is 13.1. The third-order valence-corrected chi connectivity index (χ3v) is 4.26. The minimum absolute atomic E-state index is 0.246. The molecule has 0 aliphatic rings. The van der Waals surface area contributed by atoms with Crippen LogP contribution in [0.1, 0.15) is 10.4 Å². The van der Waals surface area contributed by atoms with Crippen molar-refractivity contribution in [3.63, 3.8) is 0 Å². The first-order valence-electron chi connectivity index (χ1n) is 4.88. The van der Waals surface area contributed by atoms with Crippen LogP contribution in [0.4, 0.5) is 0 Å². The Morgan fingerprint density at radius 1 is 1.33 bits per heavy atom. The van der Waals surface area contributed by atoms with Crippen molar-refractivity contribution in [3.8, 4) is 0 Å². The molecule has 0 radical (unpaired) electrons. The van der Waals surface area contributed by atoms with Gasteiger partial charge in [-0.25, -0.2) is 9.78 Å². The van der Waals surface area contributed by atoms with Gasteiger partial charge in [0.25, 0.3) is 0 Å². The number of carbonyl (C=O) groups is 1. The summed E-state index contributed by atoms with van der Waals surface area (Å²) in [5.41, 5.74) is 0.246. The molecule has 0 aliphatic carbocycles. The Labute approximate surface area is 121 Å². The van der Waals surface area contributed by atoms with E-state index >= 15 is 0 Å². The average molecular weight is 345 g/mol. The van der Waals surface area contributed by atoms with Crippen molar-refractivity contribution in [3.05, 3.63) is 51.6 Å². The van der Waals surface area contributed by atoms with E-state index in [2.05, 4.69) is 20.9 Å². The van der Waals surface area contributed by atoms with E-state index in [4.69, 9.17) is 16.7 Å². The van der Waals surface area contributed by atoms with Crippen LogP contribution in [-0.4, -0.2) is 16.1 Å². The second-order valence-electron chi connectivity index (χ2n) is 3.37. The lowest BCUT2D eigenvalue weighted by Gasteiger charge is -2.04. The predicted molar refractivity (Wildman–Crippen MR) is 74.5 cm³/mol. The number of carboxylic acids is 1. The Morgan fingerprint density at radius 2 is 2.11 bits per heavy atom. The monoisotopic (exact) mass is 343 g/mol. The Morgan fingerprint density at radius 3 is 2.67 bits per heavy atom. The zero-order valence-corrected chi connectivity index (χ0v) is 12.1. The van der Waals surface area contributed by atoms with Gasteiger partial charge in [0, 0.05) is 15.6 Å². The zero-order valence-electron chi connectivity index (χ0n) is 8.93. The molecule has 1 N–H and O–H groups in total. The van der Waals surface area contributed by atoms with Crippen molar-refractivity contribution in [2.45, 2.75) is 9.92 Å². The van der Waals surface area contributed by atoms with Crippen LogP contribution in [0, 0.1) is 0 Å². The topological polar surface area (TPSA) is 50.2 Å².